The summed E-state index contributed by atoms with van der Waals surface area (Å²) in [5, 5.41) is 10.3. The van der Waals surface area contributed by atoms with Crippen LogP contribution in [-0.4, -0.2) is 28.5 Å². The van der Waals surface area contributed by atoms with Gasteiger partial charge in [-0.3, -0.25) is 4.79 Å². The van der Waals surface area contributed by atoms with Crippen LogP contribution in [0.5, 0.6) is 0 Å². The number of hydrogen-bond acceptors (Lipinski definition) is 2. The minimum atomic E-state index is -0.990. The number of carbonyl (C=O) groups is 1. The number of halogens is 3. The minimum Gasteiger partial charge on any atom is -0.387 e. The SMILES string of the molecule is O=C(Cc1c(F)cccc1F)N(CC(O)c1ccc(F)cc1)C1CC1. The lowest BCUT2D eigenvalue weighted by atomic mass is 10.1. The van der Waals surface area contributed by atoms with Gasteiger partial charge in [0.15, 0.2) is 0 Å². The van der Waals surface area contributed by atoms with E-state index in [0.717, 1.165) is 25.0 Å². The van der Waals surface area contributed by atoms with Gasteiger partial charge >= 0.3 is 0 Å². The number of aliphatic hydroxyl groups is 1. The van der Waals surface area contributed by atoms with Crippen molar-refractivity contribution in [2.24, 2.45) is 0 Å². The third kappa shape index (κ3) is 4.20. The van der Waals surface area contributed by atoms with Gasteiger partial charge in [0, 0.05) is 11.6 Å². The Hall–Kier alpha value is -2.34. The van der Waals surface area contributed by atoms with Crippen LogP contribution in [0.4, 0.5) is 13.2 Å². The average Bonchev–Trinajstić information content (AvgIpc) is 3.41. The summed E-state index contributed by atoms with van der Waals surface area (Å²) in [7, 11) is 0. The van der Waals surface area contributed by atoms with E-state index in [2.05, 4.69) is 0 Å². The van der Waals surface area contributed by atoms with Crippen molar-refractivity contribution in [1.29, 1.82) is 0 Å². The van der Waals surface area contributed by atoms with Crippen molar-refractivity contribution in [2.45, 2.75) is 31.4 Å². The molecule has 3 rings (SSSR count). The summed E-state index contributed by atoms with van der Waals surface area (Å²) in [6.07, 6.45) is 0.199. The molecule has 0 spiro atoms. The van der Waals surface area contributed by atoms with E-state index in [1.54, 1.807) is 0 Å². The van der Waals surface area contributed by atoms with Gasteiger partial charge in [-0.05, 0) is 42.7 Å². The maximum absolute atomic E-state index is 13.8. The zero-order valence-corrected chi connectivity index (χ0v) is 13.5. The van der Waals surface area contributed by atoms with Crippen LogP contribution in [0.15, 0.2) is 42.5 Å². The van der Waals surface area contributed by atoms with Gasteiger partial charge in [0.1, 0.15) is 17.5 Å². The number of hydrogen-bond donors (Lipinski definition) is 1. The van der Waals surface area contributed by atoms with Crippen LogP contribution in [0.2, 0.25) is 0 Å². The molecule has 2 aromatic carbocycles. The van der Waals surface area contributed by atoms with E-state index in [1.165, 1.54) is 35.2 Å². The molecule has 2 aromatic rings. The number of benzene rings is 2. The highest BCUT2D eigenvalue weighted by Crippen LogP contribution is 2.30. The quantitative estimate of drug-likeness (QED) is 0.869. The molecule has 1 fully saturated rings. The zero-order chi connectivity index (χ0) is 18.0. The smallest absolute Gasteiger partial charge is 0.227 e. The van der Waals surface area contributed by atoms with Crippen LogP contribution < -0.4 is 0 Å². The monoisotopic (exact) mass is 349 g/mol. The summed E-state index contributed by atoms with van der Waals surface area (Å²) >= 11 is 0. The second kappa shape index (κ2) is 7.27. The Kier molecular flexibility index (Phi) is 5.08. The molecule has 1 aliphatic rings. The summed E-state index contributed by atoms with van der Waals surface area (Å²) in [5.74, 6) is -2.37. The largest absolute Gasteiger partial charge is 0.387 e. The number of amides is 1. The van der Waals surface area contributed by atoms with E-state index in [0.29, 0.717) is 5.56 Å². The highest BCUT2D eigenvalue weighted by Gasteiger charge is 2.34. The molecule has 132 valence electrons. The van der Waals surface area contributed by atoms with Gasteiger partial charge in [-0.25, -0.2) is 13.2 Å². The molecule has 0 heterocycles. The number of nitrogens with zero attached hydrogens (tertiary/aromatic N) is 1. The molecular formula is C19H18F3NO2. The summed E-state index contributed by atoms with van der Waals surface area (Å²) in [5.41, 5.74) is 0.214. The molecule has 0 aliphatic heterocycles. The van der Waals surface area contributed by atoms with Crippen molar-refractivity contribution < 1.29 is 23.1 Å². The Morgan fingerprint density at radius 1 is 1.08 bits per heavy atom. The first kappa shape index (κ1) is 17.5. The fraction of sp³-hybridized carbons (Fsp3) is 0.316. The highest BCUT2D eigenvalue weighted by atomic mass is 19.1. The Labute approximate surface area is 143 Å². The Morgan fingerprint density at radius 3 is 2.24 bits per heavy atom. The molecule has 1 amide bonds. The van der Waals surface area contributed by atoms with E-state index >= 15 is 0 Å². The summed E-state index contributed by atoms with van der Waals surface area (Å²) < 4.78 is 40.5. The van der Waals surface area contributed by atoms with E-state index in [1.807, 2.05) is 0 Å². The topological polar surface area (TPSA) is 40.5 Å². The van der Waals surface area contributed by atoms with Gasteiger partial charge in [-0.15, -0.1) is 0 Å². The predicted molar refractivity (Wildman–Crippen MR) is 86.2 cm³/mol. The molecule has 0 aromatic heterocycles. The molecule has 1 saturated carbocycles. The van der Waals surface area contributed by atoms with E-state index in [9.17, 15) is 23.1 Å². The van der Waals surface area contributed by atoms with Crippen molar-refractivity contribution in [2.75, 3.05) is 6.54 Å². The zero-order valence-electron chi connectivity index (χ0n) is 13.5. The van der Waals surface area contributed by atoms with Gasteiger partial charge in [0.05, 0.1) is 19.1 Å². The van der Waals surface area contributed by atoms with Gasteiger partial charge < -0.3 is 10.0 Å². The number of rotatable bonds is 6. The fourth-order valence-corrected chi connectivity index (χ4v) is 2.77. The van der Waals surface area contributed by atoms with Crippen LogP contribution in [0.1, 0.15) is 30.1 Å². The summed E-state index contributed by atoms with van der Waals surface area (Å²) in [6, 6.07) is 8.81. The number of carbonyl (C=O) groups excluding carboxylic acids is 1. The van der Waals surface area contributed by atoms with Crippen molar-refractivity contribution in [1.82, 2.24) is 4.90 Å². The Bertz CT molecular complexity index is 740. The van der Waals surface area contributed by atoms with Gasteiger partial charge in [0.2, 0.25) is 5.91 Å². The van der Waals surface area contributed by atoms with E-state index in [4.69, 9.17) is 0 Å². The first-order chi connectivity index (χ1) is 12.0. The molecule has 1 unspecified atom stereocenters. The molecule has 6 heteroatoms. The summed E-state index contributed by atoms with van der Waals surface area (Å²) in [4.78, 5) is 14.0. The minimum absolute atomic E-state index is 0.00516. The van der Waals surface area contributed by atoms with Gasteiger partial charge in [-0.2, -0.15) is 0 Å². The van der Waals surface area contributed by atoms with Crippen LogP contribution in [-0.2, 0) is 11.2 Å². The van der Waals surface area contributed by atoms with Crippen LogP contribution >= 0.6 is 0 Å². The molecule has 1 aliphatic carbocycles. The normalized spacial score (nSPS) is 15.0. The van der Waals surface area contributed by atoms with Crippen molar-refractivity contribution >= 4 is 5.91 Å². The molecule has 1 N–H and O–H groups in total. The lowest BCUT2D eigenvalue weighted by molar-refractivity contribution is -0.132. The average molecular weight is 349 g/mol. The standard InChI is InChI=1S/C19H18F3NO2/c20-13-6-4-12(5-7-13)18(24)11-23(14-8-9-14)19(25)10-15-16(21)2-1-3-17(15)22/h1-7,14,18,24H,8-11H2. The van der Waals surface area contributed by atoms with Crippen molar-refractivity contribution in [3.63, 3.8) is 0 Å². The molecule has 0 radical (unpaired) electrons. The molecule has 0 saturated heterocycles. The maximum atomic E-state index is 13.8. The lowest BCUT2D eigenvalue weighted by Gasteiger charge is -2.26. The Morgan fingerprint density at radius 2 is 1.68 bits per heavy atom. The third-order valence-corrected chi connectivity index (χ3v) is 4.32. The molecule has 3 nitrogen and oxygen atoms in total. The Balaban J connectivity index is 1.72. The summed E-state index contributed by atoms with van der Waals surface area (Å²) in [6.45, 7) is 0.00516. The molecule has 25 heavy (non-hydrogen) atoms. The molecular weight excluding hydrogens is 331 g/mol. The lowest BCUT2D eigenvalue weighted by Crippen LogP contribution is -2.38. The first-order valence-electron chi connectivity index (χ1n) is 8.11. The van der Waals surface area contributed by atoms with Crippen molar-refractivity contribution in [3.05, 3.63) is 71.0 Å². The third-order valence-electron chi connectivity index (χ3n) is 4.32. The maximum Gasteiger partial charge on any atom is 0.227 e. The molecule has 1 atom stereocenters. The van der Waals surface area contributed by atoms with Gasteiger partial charge in [-0.1, -0.05) is 18.2 Å². The first-order valence-corrected chi connectivity index (χ1v) is 8.11. The molecule has 0 bridgehead atoms. The second-order valence-corrected chi connectivity index (χ2v) is 6.22. The van der Waals surface area contributed by atoms with Crippen LogP contribution in [0.3, 0.4) is 0 Å². The fourth-order valence-electron chi connectivity index (χ4n) is 2.77. The van der Waals surface area contributed by atoms with Crippen LogP contribution in [0.25, 0.3) is 0 Å². The van der Waals surface area contributed by atoms with E-state index in [-0.39, 0.29) is 18.2 Å². The van der Waals surface area contributed by atoms with Crippen LogP contribution in [0, 0.1) is 17.5 Å². The van der Waals surface area contributed by atoms with Crippen molar-refractivity contribution in [3.8, 4) is 0 Å². The highest BCUT2D eigenvalue weighted by molar-refractivity contribution is 5.79. The predicted octanol–water partition coefficient (Wildman–Crippen LogP) is 3.37. The number of aliphatic hydroxyl groups excluding tert-OH is 1. The van der Waals surface area contributed by atoms with E-state index < -0.39 is 35.9 Å². The van der Waals surface area contributed by atoms with Gasteiger partial charge in [0.25, 0.3) is 0 Å². The second-order valence-electron chi connectivity index (χ2n) is 6.22.